The summed E-state index contributed by atoms with van der Waals surface area (Å²) in [5.41, 5.74) is 4.68. The SMILES string of the molecule is CCN1Cc2cc(C3=CC(=O)C4C=CC(C)=CC(C(C)Nc5ccccc5C(=O)O)=C4O3)ccc2C1=O. The maximum atomic E-state index is 13.3. The van der Waals surface area contributed by atoms with E-state index in [0.717, 1.165) is 22.3 Å². The van der Waals surface area contributed by atoms with E-state index in [-0.39, 0.29) is 23.3 Å². The van der Waals surface area contributed by atoms with E-state index in [1.54, 1.807) is 35.2 Å². The van der Waals surface area contributed by atoms with Gasteiger partial charge in [0.05, 0.1) is 17.5 Å². The Kier molecular flexibility index (Phi) is 6.29. The maximum absolute atomic E-state index is 13.3. The number of nitrogens with zero attached hydrogens (tertiary/aromatic N) is 1. The zero-order chi connectivity index (χ0) is 26.3. The number of fused-ring (bicyclic) bond motifs is 2. The Labute approximate surface area is 215 Å². The van der Waals surface area contributed by atoms with Gasteiger partial charge in [-0.3, -0.25) is 9.59 Å². The number of ether oxygens (including phenoxy) is 1. The van der Waals surface area contributed by atoms with Crippen molar-refractivity contribution in [3.05, 3.63) is 106 Å². The topological polar surface area (TPSA) is 95.9 Å². The number of carbonyl (C=O) groups excluding carboxylic acids is 2. The van der Waals surface area contributed by atoms with Crippen LogP contribution < -0.4 is 5.32 Å². The summed E-state index contributed by atoms with van der Waals surface area (Å²) < 4.78 is 6.43. The number of aromatic carboxylic acids is 1. The van der Waals surface area contributed by atoms with Crippen molar-refractivity contribution in [1.29, 1.82) is 0 Å². The van der Waals surface area contributed by atoms with Crippen molar-refractivity contribution in [3.63, 3.8) is 0 Å². The van der Waals surface area contributed by atoms with Gasteiger partial charge in [0.1, 0.15) is 11.5 Å². The minimum atomic E-state index is -1.02. The Balaban J connectivity index is 1.52. The molecule has 0 saturated heterocycles. The predicted octanol–water partition coefficient (Wildman–Crippen LogP) is 5.19. The highest BCUT2D eigenvalue weighted by Crippen LogP contribution is 2.37. The van der Waals surface area contributed by atoms with Crippen LogP contribution in [-0.2, 0) is 16.1 Å². The molecule has 2 heterocycles. The van der Waals surface area contributed by atoms with Crippen LogP contribution in [0.2, 0.25) is 0 Å². The van der Waals surface area contributed by atoms with E-state index >= 15 is 0 Å². The van der Waals surface area contributed by atoms with Crippen LogP contribution in [-0.4, -0.2) is 40.3 Å². The Morgan fingerprint density at radius 3 is 2.73 bits per heavy atom. The molecular formula is C30H28N2O5. The number of carbonyl (C=O) groups is 3. The van der Waals surface area contributed by atoms with Crippen LogP contribution in [0, 0.1) is 5.92 Å². The molecule has 0 spiro atoms. The molecule has 1 aliphatic carbocycles. The largest absolute Gasteiger partial charge is 0.478 e. The van der Waals surface area contributed by atoms with E-state index in [1.807, 2.05) is 51.1 Å². The van der Waals surface area contributed by atoms with Crippen LogP contribution in [0.1, 0.15) is 52.6 Å². The van der Waals surface area contributed by atoms with Gasteiger partial charge >= 0.3 is 5.97 Å². The average molecular weight is 497 g/mol. The van der Waals surface area contributed by atoms with Crippen molar-refractivity contribution in [1.82, 2.24) is 4.90 Å². The first-order chi connectivity index (χ1) is 17.8. The summed E-state index contributed by atoms with van der Waals surface area (Å²) >= 11 is 0. The number of hydrogen-bond donors (Lipinski definition) is 2. The van der Waals surface area contributed by atoms with Crippen molar-refractivity contribution < 1.29 is 24.2 Å². The van der Waals surface area contributed by atoms with Crippen molar-refractivity contribution >= 4 is 29.1 Å². The first-order valence-corrected chi connectivity index (χ1v) is 12.3. The number of carboxylic acids is 1. The number of para-hydroxylation sites is 1. The number of ketones is 1. The van der Waals surface area contributed by atoms with Gasteiger partial charge in [0, 0.05) is 41.6 Å². The van der Waals surface area contributed by atoms with Crippen LogP contribution in [0.15, 0.2) is 83.7 Å². The number of carboxylic acid groups (broad SMARTS) is 1. The molecule has 37 heavy (non-hydrogen) atoms. The van der Waals surface area contributed by atoms with Crippen LogP contribution in [0.3, 0.4) is 0 Å². The van der Waals surface area contributed by atoms with E-state index in [0.29, 0.717) is 35.9 Å². The molecular weight excluding hydrogens is 468 g/mol. The molecule has 1 amide bonds. The number of allylic oxidation sites excluding steroid dienone is 4. The third-order valence-corrected chi connectivity index (χ3v) is 6.95. The summed E-state index contributed by atoms with van der Waals surface area (Å²) in [7, 11) is 0. The lowest BCUT2D eigenvalue weighted by molar-refractivity contribution is -0.117. The van der Waals surface area contributed by atoms with E-state index in [4.69, 9.17) is 4.74 Å². The van der Waals surface area contributed by atoms with Gasteiger partial charge < -0.3 is 20.1 Å². The lowest BCUT2D eigenvalue weighted by Gasteiger charge is -2.27. The van der Waals surface area contributed by atoms with Crippen LogP contribution in [0.5, 0.6) is 0 Å². The van der Waals surface area contributed by atoms with Gasteiger partial charge in [-0.25, -0.2) is 4.79 Å². The molecule has 2 N–H and O–H groups in total. The first kappa shape index (κ1) is 24.3. The fourth-order valence-corrected chi connectivity index (χ4v) is 4.97. The van der Waals surface area contributed by atoms with Gasteiger partial charge in [-0.2, -0.15) is 0 Å². The van der Waals surface area contributed by atoms with Crippen molar-refractivity contribution in [2.45, 2.75) is 33.4 Å². The van der Waals surface area contributed by atoms with Gasteiger partial charge in [-0.05, 0) is 50.6 Å². The molecule has 0 saturated carbocycles. The van der Waals surface area contributed by atoms with Gasteiger partial charge in [0.15, 0.2) is 5.78 Å². The number of anilines is 1. The fourth-order valence-electron chi connectivity index (χ4n) is 4.97. The molecule has 7 heteroatoms. The molecule has 5 rings (SSSR count). The molecule has 2 atom stereocenters. The summed E-state index contributed by atoms with van der Waals surface area (Å²) in [5, 5.41) is 12.9. The van der Waals surface area contributed by atoms with Gasteiger partial charge in [-0.15, -0.1) is 0 Å². The highest BCUT2D eigenvalue weighted by atomic mass is 16.5. The molecule has 3 aliphatic rings. The Hall–Kier alpha value is -4.39. The Morgan fingerprint density at radius 2 is 1.97 bits per heavy atom. The molecule has 188 valence electrons. The quantitative estimate of drug-likeness (QED) is 0.572. The molecule has 2 aliphatic heterocycles. The van der Waals surface area contributed by atoms with Gasteiger partial charge in [-0.1, -0.05) is 42.0 Å². The lowest BCUT2D eigenvalue weighted by atomic mass is 9.92. The van der Waals surface area contributed by atoms with E-state index in [1.165, 1.54) is 6.08 Å². The zero-order valence-electron chi connectivity index (χ0n) is 20.9. The predicted molar refractivity (Wildman–Crippen MR) is 141 cm³/mol. The third-order valence-electron chi connectivity index (χ3n) is 6.95. The number of hydrogen-bond acceptors (Lipinski definition) is 5. The smallest absolute Gasteiger partial charge is 0.337 e. The van der Waals surface area contributed by atoms with E-state index in [2.05, 4.69) is 5.32 Å². The van der Waals surface area contributed by atoms with E-state index in [9.17, 15) is 19.5 Å². The fraction of sp³-hybridized carbons (Fsp3) is 0.233. The molecule has 2 aromatic rings. The lowest BCUT2D eigenvalue weighted by Crippen LogP contribution is -2.26. The summed E-state index contributed by atoms with van der Waals surface area (Å²) in [6.45, 7) is 6.97. The number of amides is 1. The third kappa shape index (κ3) is 4.48. The summed E-state index contributed by atoms with van der Waals surface area (Å²) in [6.07, 6.45) is 7.21. The highest BCUT2D eigenvalue weighted by molar-refractivity contribution is 6.03. The minimum absolute atomic E-state index is 0.0137. The standard InChI is InChI=1S/C30H28N2O5/c1-4-32-16-20-14-19(10-12-21(20)29(32)34)27-15-26(33)23-11-9-17(2)13-24(28(23)37-27)18(3)31-25-8-6-5-7-22(25)30(35)36/h5-15,18,23,31H,4,16H2,1-3H3,(H,35,36). The van der Waals surface area contributed by atoms with Crippen LogP contribution in [0.4, 0.5) is 5.69 Å². The van der Waals surface area contributed by atoms with Crippen molar-refractivity contribution in [3.8, 4) is 0 Å². The second kappa shape index (κ2) is 9.58. The molecule has 0 radical (unpaired) electrons. The van der Waals surface area contributed by atoms with Crippen molar-refractivity contribution in [2.24, 2.45) is 5.92 Å². The molecule has 2 unspecified atom stereocenters. The normalized spacial score (nSPS) is 19.4. The van der Waals surface area contributed by atoms with Crippen molar-refractivity contribution in [2.75, 3.05) is 11.9 Å². The number of benzene rings is 2. The van der Waals surface area contributed by atoms with Gasteiger partial charge in [0.2, 0.25) is 0 Å². The second-order valence-electron chi connectivity index (χ2n) is 9.47. The van der Waals surface area contributed by atoms with Gasteiger partial charge in [0.25, 0.3) is 5.91 Å². The number of nitrogens with one attached hydrogen (secondary N) is 1. The summed E-state index contributed by atoms with van der Waals surface area (Å²) in [6, 6.07) is 11.9. The van der Waals surface area contributed by atoms with Crippen LogP contribution in [0.25, 0.3) is 5.76 Å². The average Bonchev–Trinajstić information content (AvgIpc) is 3.09. The Bertz CT molecular complexity index is 1450. The number of rotatable bonds is 6. The first-order valence-electron chi connectivity index (χ1n) is 12.3. The second-order valence-corrected chi connectivity index (χ2v) is 9.47. The monoisotopic (exact) mass is 496 g/mol. The molecule has 7 nitrogen and oxygen atoms in total. The van der Waals surface area contributed by atoms with Crippen LogP contribution >= 0.6 is 0 Å². The summed E-state index contributed by atoms with van der Waals surface area (Å²) in [5.74, 6) is -0.754. The molecule has 0 aromatic heterocycles. The highest BCUT2D eigenvalue weighted by Gasteiger charge is 2.33. The molecule has 0 bridgehead atoms. The molecule has 2 aromatic carbocycles. The summed E-state index contributed by atoms with van der Waals surface area (Å²) in [4.78, 5) is 39.3. The molecule has 0 fully saturated rings. The van der Waals surface area contributed by atoms with E-state index < -0.39 is 11.9 Å². The maximum Gasteiger partial charge on any atom is 0.337 e. The minimum Gasteiger partial charge on any atom is -0.478 e. The Morgan fingerprint density at radius 1 is 1.19 bits per heavy atom. The zero-order valence-corrected chi connectivity index (χ0v) is 20.9.